The number of nitrogens with zero attached hydrogens (tertiary/aromatic N) is 1. The van der Waals surface area contributed by atoms with Gasteiger partial charge in [0.25, 0.3) is 5.91 Å². The summed E-state index contributed by atoms with van der Waals surface area (Å²) in [6.07, 6.45) is 2.02. The van der Waals surface area contributed by atoms with Crippen molar-refractivity contribution in [1.29, 1.82) is 0 Å². The number of carbonyl (C=O) groups excluding carboxylic acids is 3. The van der Waals surface area contributed by atoms with Gasteiger partial charge in [0.1, 0.15) is 5.75 Å². The lowest BCUT2D eigenvalue weighted by molar-refractivity contribution is -0.136. The smallest absolute Gasteiger partial charge is 0.329 e. The van der Waals surface area contributed by atoms with Crippen LogP contribution in [0, 0.1) is 0 Å². The van der Waals surface area contributed by atoms with E-state index in [1.807, 2.05) is 19.1 Å². The maximum Gasteiger partial charge on any atom is 0.329 e. The Hall–Kier alpha value is -3.88. The number of amides is 3. The number of rotatable bonds is 8. The molecule has 0 aromatic heterocycles. The first-order valence-corrected chi connectivity index (χ1v) is 11.3. The van der Waals surface area contributed by atoms with Crippen LogP contribution in [0.25, 0.3) is 0 Å². The second-order valence-corrected chi connectivity index (χ2v) is 8.07. The third kappa shape index (κ3) is 7.84. The first kappa shape index (κ1) is 25.7. The Morgan fingerprint density at radius 3 is 2.34 bits per heavy atom. The normalized spacial score (nSPS) is 10.6. The van der Waals surface area contributed by atoms with Gasteiger partial charge in [-0.3, -0.25) is 14.4 Å². The number of hydrazone groups is 1. The van der Waals surface area contributed by atoms with Crippen molar-refractivity contribution in [2.24, 2.45) is 5.10 Å². The van der Waals surface area contributed by atoms with Gasteiger partial charge in [-0.25, -0.2) is 5.43 Å². The largest absolute Gasteiger partial charge is 0.483 e. The van der Waals surface area contributed by atoms with E-state index in [0.29, 0.717) is 39.2 Å². The van der Waals surface area contributed by atoms with Gasteiger partial charge in [0.2, 0.25) is 0 Å². The molecule has 3 amide bonds. The number of para-hydroxylation sites is 2. The summed E-state index contributed by atoms with van der Waals surface area (Å²) in [6.45, 7) is 1.66. The van der Waals surface area contributed by atoms with Crippen molar-refractivity contribution in [3.8, 4) is 5.75 Å². The van der Waals surface area contributed by atoms with Gasteiger partial charge < -0.3 is 15.4 Å². The van der Waals surface area contributed by atoms with E-state index >= 15 is 0 Å². The van der Waals surface area contributed by atoms with Crippen LogP contribution in [-0.4, -0.2) is 30.5 Å². The van der Waals surface area contributed by atoms with E-state index in [9.17, 15) is 14.4 Å². The minimum atomic E-state index is -0.926. The number of nitrogens with one attached hydrogen (secondary N) is 3. The van der Waals surface area contributed by atoms with E-state index in [4.69, 9.17) is 27.9 Å². The number of hydrogen-bond donors (Lipinski definition) is 3. The van der Waals surface area contributed by atoms with E-state index in [2.05, 4.69) is 21.2 Å². The second kappa shape index (κ2) is 12.5. The van der Waals surface area contributed by atoms with Crippen molar-refractivity contribution in [1.82, 2.24) is 5.43 Å². The maximum absolute atomic E-state index is 12.2. The Bertz CT molecular complexity index is 1240. The first-order valence-electron chi connectivity index (χ1n) is 10.6. The van der Waals surface area contributed by atoms with Crippen LogP contribution < -0.4 is 20.8 Å². The van der Waals surface area contributed by atoms with Crippen LogP contribution in [-0.2, 0) is 20.8 Å². The predicted octanol–water partition coefficient (Wildman–Crippen LogP) is 4.66. The summed E-state index contributed by atoms with van der Waals surface area (Å²) < 4.78 is 5.58. The van der Waals surface area contributed by atoms with Crippen LogP contribution in [0.15, 0.2) is 71.8 Å². The van der Waals surface area contributed by atoms with Gasteiger partial charge in [-0.05, 0) is 48.4 Å². The minimum absolute atomic E-state index is 0.291. The monoisotopic (exact) mass is 512 g/mol. The molecule has 0 aliphatic carbocycles. The van der Waals surface area contributed by atoms with Gasteiger partial charge in [0, 0.05) is 27.0 Å². The van der Waals surface area contributed by atoms with E-state index in [1.165, 1.54) is 6.21 Å². The zero-order chi connectivity index (χ0) is 25.2. The Morgan fingerprint density at radius 2 is 1.60 bits per heavy atom. The van der Waals surface area contributed by atoms with E-state index in [-0.39, 0.29) is 6.61 Å². The van der Waals surface area contributed by atoms with Crippen LogP contribution in [0.5, 0.6) is 5.75 Å². The fraction of sp³-hybridized carbons (Fsp3) is 0.120. The Labute approximate surface area is 212 Å². The second-order valence-electron chi connectivity index (χ2n) is 7.20. The summed E-state index contributed by atoms with van der Waals surface area (Å²) in [6, 6.07) is 18.7. The third-order valence-electron chi connectivity index (χ3n) is 4.65. The predicted molar refractivity (Wildman–Crippen MR) is 137 cm³/mol. The Kier molecular flexibility index (Phi) is 9.23. The highest BCUT2D eigenvalue weighted by Crippen LogP contribution is 2.22. The third-order valence-corrected chi connectivity index (χ3v) is 5.08. The molecular weight excluding hydrogens is 491 g/mol. The Balaban J connectivity index is 1.55. The average Bonchev–Trinajstić information content (AvgIpc) is 2.83. The highest BCUT2D eigenvalue weighted by molar-refractivity contribution is 6.39. The number of benzene rings is 3. The fourth-order valence-electron chi connectivity index (χ4n) is 3.03. The molecule has 0 aliphatic heterocycles. The molecule has 35 heavy (non-hydrogen) atoms. The van der Waals surface area contributed by atoms with Gasteiger partial charge in [0.05, 0.1) is 6.21 Å². The van der Waals surface area contributed by atoms with E-state index in [0.717, 1.165) is 5.56 Å². The van der Waals surface area contributed by atoms with Crippen molar-refractivity contribution < 1.29 is 19.1 Å². The molecule has 3 rings (SSSR count). The standard InChI is InChI=1S/C25H22Cl2N4O4/c1-2-16-7-3-5-9-21(16)30-24(33)25(34)31-28-14-17-8-4-6-10-22(17)35-15-23(32)29-20-12-18(26)11-19(27)13-20/h3-14H,2,15H2,1H3,(H,29,32)(H,30,33)(H,31,34)/b28-14-. The van der Waals surface area contributed by atoms with Crippen LogP contribution in [0.2, 0.25) is 10.0 Å². The summed E-state index contributed by atoms with van der Waals surface area (Å²) in [5.41, 5.74) is 4.58. The molecule has 0 spiro atoms. The molecule has 8 nitrogen and oxygen atoms in total. The molecule has 3 aromatic carbocycles. The summed E-state index contributed by atoms with van der Waals surface area (Å²) in [7, 11) is 0. The molecule has 0 radical (unpaired) electrons. The molecule has 0 bridgehead atoms. The van der Waals surface area contributed by atoms with Crippen LogP contribution >= 0.6 is 23.2 Å². The van der Waals surface area contributed by atoms with Crippen LogP contribution in [0.1, 0.15) is 18.1 Å². The van der Waals surface area contributed by atoms with Crippen molar-refractivity contribution in [3.05, 3.63) is 87.9 Å². The fourth-order valence-corrected chi connectivity index (χ4v) is 3.55. The number of carbonyl (C=O) groups is 3. The molecule has 0 atom stereocenters. The molecule has 10 heteroatoms. The number of halogens is 2. The van der Waals surface area contributed by atoms with Gasteiger partial charge in [-0.2, -0.15) is 5.10 Å². The number of aryl methyl sites for hydroxylation is 1. The highest BCUT2D eigenvalue weighted by Gasteiger charge is 2.14. The lowest BCUT2D eigenvalue weighted by Crippen LogP contribution is -2.32. The van der Waals surface area contributed by atoms with Gasteiger partial charge >= 0.3 is 11.8 Å². The molecule has 3 aromatic rings. The van der Waals surface area contributed by atoms with Gasteiger partial charge in [-0.15, -0.1) is 0 Å². The minimum Gasteiger partial charge on any atom is -0.483 e. The summed E-state index contributed by atoms with van der Waals surface area (Å²) >= 11 is 11.9. The Morgan fingerprint density at radius 1 is 0.914 bits per heavy atom. The zero-order valence-electron chi connectivity index (χ0n) is 18.7. The first-order chi connectivity index (χ1) is 16.9. The van der Waals surface area contributed by atoms with E-state index < -0.39 is 17.7 Å². The lowest BCUT2D eigenvalue weighted by Gasteiger charge is -2.10. The molecule has 3 N–H and O–H groups in total. The van der Waals surface area contributed by atoms with Crippen molar-refractivity contribution in [2.75, 3.05) is 17.2 Å². The summed E-state index contributed by atoms with van der Waals surface area (Å²) in [5.74, 6) is -1.84. The van der Waals surface area contributed by atoms with Crippen molar-refractivity contribution in [2.45, 2.75) is 13.3 Å². The SMILES string of the molecule is CCc1ccccc1NC(=O)C(=O)N/N=C\c1ccccc1OCC(=O)Nc1cc(Cl)cc(Cl)c1. The number of ether oxygens (including phenoxy) is 1. The molecule has 0 fully saturated rings. The zero-order valence-corrected chi connectivity index (χ0v) is 20.2. The molecule has 0 unspecified atom stereocenters. The molecule has 0 saturated heterocycles. The van der Waals surface area contributed by atoms with Crippen LogP contribution in [0.3, 0.4) is 0 Å². The topological polar surface area (TPSA) is 109 Å². The molecule has 0 saturated carbocycles. The highest BCUT2D eigenvalue weighted by atomic mass is 35.5. The van der Waals surface area contributed by atoms with Crippen molar-refractivity contribution in [3.63, 3.8) is 0 Å². The van der Waals surface area contributed by atoms with E-state index in [1.54, 1.807) is 54.6 Å². The molecule has 180 valence electrons. The molecule has 0 aliphatic rings. The van der Waals surface area contributed by atoms with Crippen molar-refractivity contribution >= 4 is 58.5 Å². The van der Waals surface area contributed by atoms with Gasteiger partial charge in [0.15, 0.2) is 6.61 Å². The maximum atomic E-state index is 12.2. The average molecular weight is 513 g/mol. The lowest BCUT2D eigenvalue weighted by atomic mass is 10.1. The summed E-state index contributed by atoms with van der Waals surface area (Å²) in [5, 5.41) is 9.82. The number of anilines is 2. The molecule has 0 heterocycles. The number of hydrogen-bond acceptors (Lipinski definition) is 5. The quantitative estimate of drug-likeness (QED) is 0.231. The summed E-state index contributed by atoms with van der Waals surface area (Å²) in [4.78, 5) is 36.5. The van der Waals surface area contributed by atoms with Crippen LogP contribution in [0.4, 0.5) is 11.4 Å². The molecular formula is C25H22Cl2N4O4. The van der Waals surface area contributed by atoms with Gasteiger partial charge in [-0.1, -0.05) is 60.5 Å².